The summed E-state index contributed by atoms with van der Waals surface area (Å²) < 4.78 is 0. The molecule has 0 bridgehead atoms. The lowest BCUT2D eigenvalue weighted by molar-refractivity contribution is 0.0697. The first-order chi connectivity index (χ1) is 13.6. The van der Waals surface area contributed by atoms with Crippen molar-refractivity contribution in [3.8, 4) is 33.4 Å². The minimum Gasteiger partial charge on any atom is -0.478 e. The van der Waals surface area contributed by atoms with Gasteiger partial charge in [0.05, 0.1) is 5.56 Å². The Morgan fingerprint density at radius 3 is 1.50 bits per heavy atom. The van der Waals surface area contributed by atoms with Crippen LogP contribution in [0.25, 0.3) is 33.4 Å². The number of carboxylic acids is 1. The van der Waals surface area contributed by atoms with Crippen LogP contribution in [0.1, 0.15) is 10.4 Å². The Hall–Kier alpha value is -3.85. The second kappa shape index (κ2) is 7.41. The van der Waals surface area contributed by atoms with Gasteiger partial charge < -0.3 is 10.8 Å². The summed E-state index contributed by atoms with van der Waals surface area (Å²) in [6.07, 6.45) is 0. The van der Waals surface area contributed by atoms with Crippen LogP contribution in [0.3, 0.4) is 0 Å². The average molecular weight is 365 g/mol. The fraction of sp³-hybridized carbons (Fsp3) is 0. The molecule has 4 aromatic carbocycles. The number of anilines is 1. The maximum atomic E-state index is 11.2. The van der Waals surface area contributed by atoms with E-state index in [1.165, 1.54) is 0 Å². The van der Waals surface area contributed by atoms with Crippen LogP contribution < -0.4 is 5.73 Å². The van der Waals surface area contributed by atoms with Crippen LogP contribution in [-0.4, -0.2) is 11.1 Å². The van der Waals surface area contributed by atoms with Gasteiger partial charge >= 0.3 is 5.97 Å². The van der Waals surface area contributed by atoms with Crippen LogP contribution >= 0.6 is 0 Å². The van der Waals surface area contributed by atoms with Gasteiger partial charge in [-0.3, -0.25) is 0 Å². The molecule has 0 radical (unpaired) electrons. The van der Waals surface area contributed by atoms with Gasteiger partial charge in [-0.15, -0.1) is 0 Å². The monoisotopic (exact) mass is 365 g/mol. The molecule has 0 saturated heterocycles. The molecule has 0 aliphatic carbocycles. The van der Waals surface area contributed by atoms with Crippen molar-refractivity contribution in [3.05, 3.63) is 103 Å². The Morgan fingerprint density at radius 1 is 0.607 bits per heavy atom. The van der Waals surface area contributed by atoms with Crippen LogP contribution in [0.4, 0.5) is 5.69 Å². The van der Waals surface area contributed by atoms with Gasteiger partial charge in [-0.2, -0.15) is 0 Å². The number of nitrogens with two attached hydrogens (primary N) is 1. The first-order valence-corrected chi connectivity index (χ1v) is 9.01. The van der Waals surface area contributed by atoms with Gasteiger partial charge in [-0.1, -0.05) is 72.8 Å². The van der Waals surface area contributed by atoms with E-state index >= 15 is 0 Å². The van der Waals surface area contributed by atoms with E-state index in [0.29, 0.717) is 0 Å². The van der Waals surface area contributed by atoms with Crippen LogP contribution in [-0.2, 0) is 0 Å². The Kier molecular flexibility index (Phi) is 4.65. The first kappa shape index (κ1) is 17.6. The lowest BCUT2D eigenvalue weighted by Gasteiger charge is -2.15. The van der Waals surface area contributed by atoms with E-state index < -0.39 is 5.97 Å². The third kappa shape index (κ3) is 3.38. The molecule has 3 heteroatoms. The normalized spacial score (nSPS) is 10.6. The SMILES string of the molecule is Nc1c(-c2ccccc2)cc(-c2ccc(C(=O)O)cc2)cc1-c1ccccc1. The van der Waals surface area contributed by atoms with Gasteiger partial charge in [0.2, 0.25) is 0 Å². The second-order valence-corrected chi connectivity index (χ2v) is 6.60. The molecule has 0 atom stereocenters. The zero-order valence-corrected chi connectivity index (χ0v) is 15.2. The molecular weight excluding hydrogens is 346 g/mol. The largest absolute Gasteiger partial charge is 0.478 e. The predicted octanol–water partition coefficient (Wildman–Crippen LogP) is 5.97. The summed E-state index contributed by atoms with van der Waals surface area (Å²) in [6.45, 7) is 0. The molecule has 0 aliphatic heterocycles. The number of rotatable bonds is 4. The van der Waals surface area contributed by atoms with E-state index in [2.05, 4.69) is 12.1 Å². The molecule has 0 aliphatic rings. The van der Waals surface area contributed by atoms with Gasteiger partial charge in [0.25, 0.3) is 0 Å². The Balaban J connectivity index is 1.92. The van der Waals surface area contributed by atoms with Crippen molar-refractivity contribution in [1.82, 2.24) is 0 Å². The number of nitrogen functional groups attached to an aromatic ring is 1. The standard InChI is InChI=1S/C25H19NO2/c26-24-22(18-7-3-1-4-8-18)15-21(16-23(24)19-9-5-2-6-10-19)17-11-13-20(14-12-17)25(27)28/h1-16H,26H2,(H,27,28). The van der Waals surface area contributed by atoms with E-state index in [4.69, 9.17) is 10.8 Å². The molecule has 136 valence electrons. The third-order valence-corrected chi connectivity index (χ3v) is 4.81. The summed E-state index contributed by atoms with van der Waals surface area (Å²) >= 11 is 0. The molecular formula is C25H19NO2. The zero-order chi connectivity index (χ0) is 19.5. The molecule has 0 aromatic heterocycles. The van der Waals surface area contributed by atoms with Gasteiger partial charge in [-0.25, -0.2) is 4.79 Å². The minimum absolute atomic E-state index is 0.269. The summed E-state index contributed by atoms with van der Waals surface area (Å²) in [5.74, 6) is -0.932. The van der Waals surface area contributed by atoms with Crippen molar-refractivity contribution in [1.29, 1.82) is 0 Å². The maximum Gasteiger partial charge on any atom is 0.335 e. The number of hydrogen-bond donors (Lipinski definition) is 2. The molecule has 28 heavy (non-hydrogen) atoms. The van der Waals surface area contributed by atoms with Crippen molar-refractivity contribution in [2.45, 2.75) is 0 Å². The van der Waals surface area contributed by atoms with Crippen LogP contribution in [0.2, 0.25) is 0 Å². The maximum absolute atomic E-state index is 11.2. The highest BCUT2D eigenvalue weighted by atomic mass is 16.4. The Morgan fingerprint density at radius 2 is 1.07 bits per heavy atom. The molecule has 4 rings (SSSR count). The van der Waals surface area contributed by atoms with E-state index in [1.807, 2.05) is 72.8 Å². The summed E-state index contributed by atoms with van der Waals surface area (Å²) in [7, 11) is 0. The van der Waals surface area contributed by atoms with Crippen LogP contribution in [0.15, 0.2) is 97.1 Å². The van der Waals surface area contributed by atoms with Gasteiger partial charge in [-0.05, 0) is 46.5 Å². The van der Waals surface area contributed by atoms with E-state index in [-0.39, 0.29) is 5.56 Å². The molecule has 0 unspecified atom stereocenters. The lowest BCUT2D eigenvalue weighted by atomic mass is 9.91. The van der Waals surface area contributed by atoms with E-state index in [0.717, 1.165) is 39.1 Å². The highest BCUT2D eigenvalue weighted by Crippen LogP contribution is 2.39. The van der Waals surface area contributed by atoms with Crippen molar-refractivity contribution >= 4 is 11.7 Å². The van der Waals surface area contributed by atoms with Crippen LogP contribution in [0.5, 0.6) is 0 Å². The van der Waals surface area contributed by atoms with Crippen LogP contribution in [0, 0.1) is 0 Å². The van der Waals surface area contributed by atoms with Crippen molar-refractivity contribution < 1.29 is 9.90 Å². The molecule has 3 N–H and O–H groups in total. The summed E-state index contributed by atoms with van der Waals surface area (Å²) in [6, 6.07) is 31.1. The topological polar surface area (TPSA) is 63.3 Å². The number of carboxylic acid groups (broad SMARTS) is 1. The van der Waals surface area contributed by atoms with Gasteiger partial charge in [0, 0.05) is 16.8 Å². The fourth-order valence-electron chi connectivity index (χ4n) is 3.34. The third-order valence-electron chi connectivity index (χ3n) is 4.81. The summed E-state index contributed by atoms with van der Waals surface area (Å²) in [5, 5.41) is 9.15. The number of carbonyl (C=O) groups is 1. The quantitative estimate of drug-likeness (QED) is 0.438. The molecule has 3 nitrogen and oxygen atoms in total. The molecule has 0 amide bonds. The highest BCUT2D eigenvalue weighted by Gasteiger charge is 2.13. The molecule has 0 saturated carbocycles. The summed E-state index contributed by atoms with van der Waals surface area (Å²) in [5.41, 5.74) is 13.5. The molecule has 0 heterocycles. The first-order valence-electron chi connectivity index (χ1n) is 9.01. The number of benzene rings is 4. The smallest absolute Gasteiger partial charge is 0.335 e. The predicted molar refractivity (Wildman–Crippen MR) is 114 cm³/mol. The van der Waals surface area contributed by atoms with E-state index in [1.54, 1.807) is 12.1 Å². The highest BCUT2D eigenvalue weighted by molar-refractivity contribution is 5.94. The number of hydrogen-bond acceptors (Lipinski definition) is 2. The van der Waals surface area contributed by atoms with Gasteiger partial charge in [0.15, 0.2) is 0 Å². The Bertz CT molecular complexity index is 1060. The van der Waals surface area contributed by atoms with Gasteiger partial charge in [0.1, 0.15) is 0 Å². The zero-order valence-electron chi connectivity index (χ0n) is 15.2. The van der Waals surface area contributed by atoms with Crippen molar-refractivity contribution in [2.24, 2.45) is 0 Å². The molecule has 0 fully saturated rings. The molecule has 4 aromatic rings. The summed E-state index contributed by atoms with van der Waals surface area (Å²) in [4.78, 5) is 11.2. The van der Waals surface area contributed by atoms with Crippen molar-refractivity contribution in [3.63, 3.8) is 0 Å². The van der Waals surface area contributed by atoms with E-state index in [9.17, 15) is 4.79 Å². The molecule has 0 spiro atoms. The number of aromatic carboxylic acids is 1. The lowest BCUT2D eigenvalue weighted by Crippen LogP contribution is -1.97. The second-order valence-electron chi connectivity index (χ2n) is 6.60. The average Bonchev–Trinajstić information content (AvgIpc) is 2.75. The fourth-order valence-corrected chi connectivity index (χ4v) is 3.34. The van der Waals surface area contributed by atoms with Crippen molar-refractivity contribution in [2.75, 3.05) is 5.73 Å². The Labute approximate surface area is 163 Å². The minimum atomic E-state index is -0.932.